The first-order valence-electron chi connectivity index (χ1n) is 13.8. The van der Waals surface area contributed by atoms with Crippen LogP contribution in [0.15, 0.2) is 18.2 Å². The van der Waals surface area contributed by atoms with Crippen LogP contribution < -0.4 is 26.3 Å². The Hall–Kier alpha value is -1.87. The molecule has 1 aromatic carbocycles. The fourth-order valence-electron chi connectivity index (χ4n) is 5.01. The summed E-state index contributed by atoms with van der Waals surface area (Å²) in [6, 6.07) is 5.96. The predicted octanol–water partition coefficient (Wildman–Crippen LogP) is 3.06. The van der Waals surface area contributed by atoms with Crippen LogP contribution in [-0.2, 0) is 16.0 Å². The van der Waals surface area contributed by atoms with Crippen molar-refractivity contribution in [1.82, 2.24) is 10.2 Å². The number of rotatable bonds is 17. The van der Waals surface area contributed by atoms with E-state index in [4.69, 9.17) is 25.7 Å². The number of likely N-dealkylation sites (tertiary alicyclic amines) is 1. The van der Waals surface area contributed by atoms with Crippen molar-refractivity contribution >= 4 is 5.91 Å². The van der Waals surface area contributed by atoms with E-state index in [2.05, 4.69) is 57.1 Å². The Morgan fingerprint density at radius 1 is 1.03 bits per heavy atom. The number of carbonyl (C=O) groups is 1. The number of hydrogen-bond acceptors (Lipinski definition) is 7. The van der Waals surface area contributed by atoms with Crippen LogP contribution in [0.2, 0.25) is 0 Å². The van der Waals surface area contributed by atoms with Crippen molar-refractivity contribution in [3.8, 4) is 11.5 Å². The Morgan fingerprint density at radius 3 is 2.27 bits per heavy atom. The lowest BCUT2D eigenvalue weighted by Gasteiger charge is -2.38. The molecule has 2 rings (SSSR count). The number of nitrogens with one attached hydrogen (secondary N) is 1. The Bertz CT molecular complexity index is 813. The average Bonchev–Trinajstić information content (AvgIpc) is 2.83. The number of amides is 1. The second-order valence-electron chi connectivity index (χ2n) is 11.5. The smallest absolute Gasteiger partial charge is 0.223 e. The van der Waals surface area contributed by atoms with Gasteiger partial charge >= 0.3 is 0 Å². The second-order valence-corrected chi connectivity index (χ2v) is 11.5. The van der Waals surface area contributed by atoms with Gasteiger partial charge in [0.25, 0.3) is 0 Å². The fraction of sp³-hybridized carbons (Fsp3) is 0.759. The molecule has 1 aliphatic rings. The first kappa shape index (κ1) is 31.3. The summed E-state index contributed by atoms with van der Waals surface area (Å²) < 4.78 is 16.6. The molecule has 1 heterocycles. The second kappa shape index (κ2) is 15.5. The van der Waals surface area contributed by atoms with Crippen LogP contribution in [0.3, 0.4) is 0 Å². The normalized spacial score (nSPS) is 17.8. The molecule has 0 radical (unpaired) electrons. The minimum Gasteiger partial charge on any atom is -0.493 e. The van der Waals surface area contributed by atoms with Crippen molar-refractivity contribution in [3.05, 3.63) is 23.8 Å². The molecule has 3 unspecified atom stereocenters. The summed E-state index contributed by atoms with van der Waals surface area (Å²) in [5, 5.41) is 3.19. The molecule has 212 valence electrons. The molecule has 8 heteroatoms. The number of hydrogen-bond donors (Lipinski definition) is 3. The van der Waals surface area contributed by atoms with Crippen molar-refractivity contribution in [2.75, 3.05) is 47.6 Å². The maximum absolute atomic E-state index is 13.0. The first-order valence-corrected chi connectivity index (χ1v) is 13.8. The lowest BCUT2D eigenvalue weighted by molar-refractivity contribution is -0.128. The standard InChI is InChI=1S/C29H52N4O4/c1-19(2)22(13-21-9-10-27(36-7)28(14-21)37-12-8-11-35-6)15-25(30)26(31)16-24(20(3)4)29(34)32-23-17-33(5)18-23/h9-10,14,19-20,22-26H,8,11-13,15-18,30-31H2,1-7H3,(H,32,34)/t22?,24?,25-,26?/m0/s1. The number of likely N-dealkylation sites (N-methyl/N-ethyl adjacent to an activating group) is 1. The molecule has 0 aliphatic carbocycles. The topological polar surface area (TPSA) is 112 Å². The molecule has 0 bridgehead atoms. The molecular formula is C29H52N4O4. The van der Waals surface area contributed by atoms with E-state index in [1.54, 1.807) is 14.2 Å². The van der Waals surface area contributed by atoms with E-state index in [0.717, 1.165) is 43.9 Å². The third-order valence-corrected chi connectivity index (χ3v) is 7.62. The number of nitrogens with two attached hydrogens (primary N) is 2. The minimum absolute atomic E-state index is 0.104. The highest BCUT2D eigenvalue weighted by atomic mass is 16.5. The summed E-state index contributed by atoms with van der Waals surface area (Å²) in [4.78, 5) is 15.2. The molecule has 0 aromatic heterocycles. The van der Waals surface area contributed by atoms with Crippen LogP contribution >= 0.6 is 0 Å². The van der Waals surface area contributed by atoms with Crippen LogP contribution in [0.4, 0.5) is 0 Å². The largest absolute Gasteiger partial charge is 0.493 e. The summed E-state index contributed by atoms with van der Waals surface area (Å²) in [6.45, 7) is 11.7. The summed E-state index contributed by atoms with van der Waals surface area (Å²) in [5.74, 6) is 2.45. The van der Waals surface area contributed by atoms with E-state index >= 15 is 0 Å². The van der Waals surface area contributed by atoms with Gasteiger partial charge in [-0.3, -0.25) is 4.79 Å². The molecule has 8 nitrogen and oxygen atoms in total. The van der Waals surface area contributed by atoms with Gasteiger partial charge in [-0.1, -0.05) is 33.8 Å². The van der Waals surface area contributed by atoms with E-state index in [9.17, 15) is 4.79 Å². The Balaban J connectivity index is 1.99. The molecule has 1 saturated heterocycles. The van der Waals surface area contributed by atoms with Crippen LogP contribution in [0, 0.1) is 23.7 Å². The van der Waals surface area contributed by atoms with Gasteiger partial charge in [0.15, 0.2) is 11.5 Å². The average molecular weight is 521 g/mol. The van der Waals surface area contributed by atoms with Gasteiger partial charge in [-0.2, -0.15) is 0 Å². The quantitative estimate of drug-likeness (QED) is 0.271. The minimum atomic E-state index is -0.237. The zero-order valence-corrected chi connectivity index (χ0v) is 24.2. The highest BCUT2D eigenvalue weighted by Crippen LogP contribution is 2.31. The van der Waals surface area contributed by atoms with Crippen molar-refractivity contribution in [2.24, 2.45) is 35.1 Å². The lowest BCUT2D eigenvalue weighted by Crippen LogP contribution is -2.59. The van der Waals surface area contributed by atoms with E-state index in [-0.39, 0.29) is 35.9 Å². The summed E-state index contributed by atoms with van der Waals surface area (Å²) in [5.41, 5.74) is 14.5. The number of nitrogens with zero attached hydrogens (tertiary/aromatic N) is 1. The van der Waals surface area contributed by atoms with Crippen molar-refractivity contribution < 1.29 is 19.0 Å². The molecule has 4 atom stereocenters. The summed E-state index contributed by atoms with van der Waals surface area (Å²) in [6.07, 6.45) is 3.09. The SMILES string of the molecule is COCCCOc1cc(CC(C[C@H](N)C(N)CC(C(=O)NC2CN(C)C2)C(C)C)C(C)C)ccc1OC. The van der Waals surface area contributed by atoms with Crippen LogP contribution in [0.1, 0.15) is 52.5 Å². The van der Waals surface area contributed by atoms with Crippen molar-refractivity contribution in [3.63, 3.8) is 0 Å². The van der Waals surface area contributed by atoms with Gasteiger partial charge in [-0.25, -0.2) is 0 Å². The maximum Gasteiger partial charge on any atom is 0.223 e. The summed E-state index contributed by atoms with van der Waals surface area (Å²) >= 11 is 0. The highest BCUT2D eigenvalue weighted by molar-refractivity contribution is 5.79. The summed E-state index contributed by atoms with van der Waals surface area (Å²) in [7, 11) is 5.41. The van der Waals surface area contributed by atoms with Gasteiger partial charge in [-0.05, 0) is 61.8 Å². The Kier molecular flexibility index (Phi) is 13.1. The number of carbonyl (C=O) groups excluding carboxylic acids is 1. The molecule has 0 spiro atoms. The number of ether oxygens (including phenoxy) is 3. The van der Waals surface area contributed by atoms with Crippen LogP contribution in [-0.4, -0.2) is 76.5 Å². The van der Waals surface area contributed by atoms with Gasteiger partial charge in [-0.15, -0.1) is 0 Å². The number of benzene rings is 1. The van der Waals surface area contributed by atoms with Gasteiger partial charge in [0.1, 0.15) is 0 Å². The lowest BCUT2D eigenvalue weighted by atomic mass is 9.80. The molecular weight excluding hydrogens is 468 g/mol. The maximum atomic E-state index is 13.0. The monoisotopic (exact) mass is 520 g/mol. The highest BCUT2D eigenvalue weighted by Gasteiger charge is 2.32. The van der Waals surface area contributed by atoms with E-state index < -0.39 is 0 Å². The molecule has 1 amide bonds. The zero-order chi connectivity index (χ0) is 27.5. The third-order valence-electron chi connectivity index (χ3n) is 7.62. The molecule has 0 saturated carbocycles. The van der Waals surface area contributed by atoms with E-state index in [0.29, 0.717) is 31.5 Å². The fourth-order valence-corrected chi connectivity index (χ4v) is 5.01. The molecule has 1 fully saturated rings. The molecule has 37 heavy (non-hydrogen) atoms. The van der Waals surface area contributed by atoms with Crippen LogP contribution in [0.25, 0.3) is 0 Å². The van der Waals surface area contributed by atoms with Gasteiger partial charge < -0.3 is 35.9 Å². The Morgan fingerprint density at radius 2 is 1.70 bits per heavy atom. The molecule has 1 aromatic rings. The van der Waals surface area contributed by atoms with E-state index in [1.807, 2.05) is 6.07 Å². The zero-order valence-electron chi connectivity index (χ0n) is 24.2. The molecule has 1 aliphatic heterocycles. The van der Waals surface area contributed by atoms with Gasteiger partial charge in [0.2, 0.25) is 5.91 Å². The number of methoxy groups -OCH3 is 2. The molecule has 5 N–H and O–H groups in total. The van der Waals surface area contributed by atoms with Crippen LogP contribution in [0.5, 0.6) is 11.5 Å². The predicted molar refractivity (Wildman–Crippen MR) is 150 cm³/mol. The first-order chi connectivity index (χ1) is 17.5. The Labute approximate surface area is 224 Å². The van der Waals surface area contributed by atoms with Gasteiger partial charge in [0, 0.05) is 51.2 Å². The third kappa shape index (κ3) is 10.1. The van der Waals surface area contributed by atoms with Crippen molar-refractivity contribution in [2.45, 2.75) is 71.5 Å². The van der Waals surface area contributed by atoms with Crippen molar-refractivity contribution in [1.29, 1.82) is 0 Å². The van der Waals surface area contributed by atoms with E-state index in [1.165, 1.54) is 5.56 Å². The van der Waals surface area contributed by atoms with Gasteiger partial charge in [0.05, 0.1) is 19.8 Å².